The smallest absolute Gasteiger partial charge is 0.410 e. The summed E-state index contributed by atoms with van der Waals surface area (Å²) in [6, 6.07) is 22.0. The van der Waals surface area contributed by atoms with E-state index in [2.05, 4.69) is 40.2 Å². The Balaban J connectivity index is 1.36. The Morgan fingerprint density at radius 3 is 2.14 bits per heavy atom. The first kappa shape index (κ1) is 35.9. The number of fused-ring (bicyclic) bond motifs is 3. The molecular formula is C39H44BrN3O6. The van der Waals surface area contributed by atoms with Gasteiger partial charge in [0.25, 0.3) is 0 Å². The van der Waals surface area contributed by atoms with E-state index in [4.69, 9.17) is 9.47 Å². The first-order valence-electron chi connectivity index (χ1n) is 16.6. The molecule has 0 aromatic heterocycles. The molecule has 0 bridgehead atoms. The Kier molecular flexibility index (Phi) is 11.3. The van der Waals surface area contributed by atoms with Crippen LogP contribution in [0.15, 0.2) is 89.4 Å². The van der Waals surface area contributed by atoms with E-state index >= 15 is 0 Å². The summed E-state index contributed by atoms with van der Waals surface area (Å²) in [6.45, 7) is 5.42. The summed E-state index contributed by atoms with van der Waals surface area (Å²) in [5.41, 5.74) is 4.59. The minimum absolute atomic E-state index is 0.123. The van der Waals surface area contributed by atoms with E-state index in [1.807, 2.05) is 60.7 Å². The van der Waals surface area contributed by atoms with Crippen LogP contribution in [0, 0.1) is 0 Å². The number of ether oxygens (including phenoxy) is 2. The molecule has 0 radical (unpaired) electrons. The number of benzene rings is 3. The Morgan fingerprint density at radius 1 is 0.918 bits per heavy atom. The Bertz CT molecular complexity index is 1670. The first-order valence-corrected chi connectivity index (χ1v) is 17.4. The maximum atomic E-state index is 14.4. The highest BCUT2D eigenvalue weighted by Gasteiger charge is 2.39. The predicted molar refractivity (Wildman–Crippen MR) is 192 cm³/mol. The predicted octanol–water partition coefficient (Wildman–Crippen LogP) is 6.59. The summed E-state index contributed by atoms with van der Waals surface area (Å²) in [6.07, 6.45) is 4.26. The lowest BCUT2D eigenvalue weighted by Crippen LogP contribution is -2.58. The highest BCUT2D eigenvalue weighted by molar-refractivity contribution is 9.10. The van der Waals surface area contributed by atoms with Crippen molar-refractivity contribution in [1.29, 1.82) is 0 Å². The van der Waals surface area contributed by atoms with Gasteiger partial charge in [-0.25, -0.2) is 4.79 Å². The maximum Gasteiger partial charge on any atom is 0.410 e. The number of hydrogen-bond acceptors (Lipinski definition) is 6. The fourth-order valence-corrected chi connectivity index (χ4v) is 6.75. The molecule has 0 N–H and O–H groups in total. The number of carbonyl (C=O) groups excluding carboxylic acids is 4. The van der Waals surface area contributed by atoms with Crippen molar-refractivity contribution in [3.63, 3.8) is 0 Å². The van der Waals surface area contributed by atoms with Crippen molar-refractivity contribution >= 4 is 39.8 Å². The minimum Gasteiger partial charge on any atom is -0.459 e. The molecule has 0 saturated heterocycles. The van der Waals surface area contributed by atoms with E-state index < -0.39 is 35.7 Å². The third-order valence-corrected chi connectivity index (χ3v) is 9.42. The summed E-state index contributed by atoms with van der Waals surface area (Å²) in [4.78, 5) is 59.0. The molecular weight excluding hydrogens is 686 g/mol. The van der Waals surface area contributed by atoms with E-state index in [0.717, 1.165) is 32.3 Å². The zero-order valence-electron chi connectivity index (χ0n) is 28.7. The van der Waals surface area contributed by atoms with Crippen LogP contribution in [0.1, 0.15) is 56.2 Å². The number of esters is 1. The molecule has 0 spiro atoms. The molecule has 10 heteroatoms. The second-order valence-corrected chi connectivity index (χ2v) is 14.5. The molecule has 258 valence electrons. The number of hydrogen-bond donors (Lipinski definition) is 0. The fraction of sp³-hybridized carbons (Fsp3) is 0.385. The summed E-state index contributed by atoms with van der Waals surface area (Å²) in [5.74, 6) is -1.42. The van der Waals surface area contributed by atoms with Crippen molar-refractivity contribution in [2.24, 2.45) is 0 Å². The average Bonchev–Trinajstić information content (AvgIpc) is 3.37. The van der Waals surface area contributed by atoms with E-state index in [9.17, 15) is 19.2 Å². The molecule has 1 heterocycles. The number of halogens is 1. The molecule has 0 fully saturated rings. The molecule has 3 amide bonds. The standard InChI is InChI=1S/C39H44BrN3O6/c1-39(2,3)49-35(44)24-41(4)36(45)34(23-26-18-20-27(40)21-19-26)43-22-12-6-7-17-33(37(43)46)42(5)38(47)48-25-32-30-15-10-8-13-28(30)29-14-9-11-16-31(29)32/h6-11,13-16,18-21,32-34H,12,17,22-25H2,1-5H3/b7-6-/t33-,34-/m0/s1. The molecule has 5 rings (SSSR count). The van der Waals surface area contributed by atoms with Crippen molar-refractivity contribution in [1.82, 2.24) is 14.7 Å². The lowest BCUT2D eigenvalue weighted by atomic mass is 9.98. The second kappa shape index (κ2) is 15.4. The number of carbonyl (C=O) groups is 4. The molecule has 49 heavy (non-hydrogen) atoms. The van der Waals surface area contributed by atoms with Crippen LogP contribution in [0.3, 0.4) is 0 Å². The first-order chi connectivity index (χ1) is 23.3. The van der Waals surface area contributed by atoms with Gasteiger partial charge in [0.2, 0.25) is 11.8 Å². The Labute approximate surface area is 297 Å². The largest absolute Gasteiger partial charge is 0.459 e. The third kappa shape index (κ3) is 8.60. The van der Waals surface area contributed by atoms with E-state index in [1.165, 1.54) is 16.8 Å². The lowest BCUT2D eigenvalue weighted by Gasteiger charge is -2.38. The highest BCUT2D eigenvalue weighted by Crippen LogP contribution is 2.44. The summed E-state index contributed by atoms with van der Waals surface area (Å²) < 4.78 is 12.3. The molecule has 9 nitrogen and oxygen atoms in total. The fourth-order valence-electron chi connectivity index (χ4n) is 6.49. The van der Waals surface area contributed by atoms with E-state index in [-0.39, 0.29) is 44.4 Å². The Morgan fingerprint density at radius 2 is 1.53 bits per heavy atom. The molecule has 0 saturated carbocycles. The molecule has 2 atom stereocenters. The van der Waals surface area contributed by atoms with Crippen LogP contribution in [0.4, 0.5) is 4.79 Å². The maximum absolute atomic E-state index is 14.4. The summed E-state index contributed by atoms with van der Waals surface area (Å²) >= 11 is 3.46. The molecule has 1 aliphatic heterocycles. The van der Waals surface area contributed by atoms with Gasteiger partial charge < -0.3 is 19.3 Å². The van der Waals surface area contributed by atoms with Gasteiger partial charge in [0, 0.05) is 37.5 Å². The number of nitrogens with zero attached hydrogens (tertiary/aromatic N) is 3. The van der Waals surface area contributed by atoms with Crippen molar-refractivity contribution in [2.75, 3.05) is 33.8 Å². The van der Waals surface area contributed by atoms with Crippen molar-refractivity contribution < 1.29 is 28.7 Å². The van der Waals surface area contributed by atoms with Gasteiger partial charge in [0.15, 0.2) is 0 Å². The van der Waals surface area contributed by atoms with Gasteiger partial charge in [-0.3, -0.25) is 19.3 Å². The van der Waals surface area contributed by atoms with Crippen LogP contribution in [-0.2, 0) is 30.3 Å². The van der Waals surface area contributed by atoms with Gasteiger partial charge in [0.1, 0.15) is 30.8 Å². The van der Waals surface area contributed by atoms with Crippen molar-refractivity contribution in [2.45, 2.75) is 63.6 Å². The van der Waals surface area contributed by atoms with Gasteiger partial charge in [-0.2, -0.15) is 0 Å². The molecule has 1 aliphatic carbocycles. The summed E-state index contributed by atoms with van der Waals surface area (Å²) in [5, 5.41) is 0. The van der Waals surface area contributed by atoms with Gasteiger partial charge in [-0.15, -0.1) is 0 Å². The van der Waals surface area contributed by atoms with Crippen LogP contribution < -0.4 is 0 Å². The normalized spacial score (nSPS) is 17.2. The van der Waals surface area contributed by atoms with Gasteiger partial charge in [0.05, 0.1) is 0 Å². The van der Waals surface area contributed by atoms with Crippen molar-refractivity contribution in [3.05, 3.63) is 106 Å². The number of amides is 3. The zero-order valence-corrected chi connectivity index (χ0v) is 30.3. The minimum atomic E-state index is -0.925. The number of rotatable bonds is 9. The van der Waals surface area contributed by atoms with Crippen LogP contribution in [0.25, 0.3) is 11.1 Å². The van der Waals surface area contributed by atoms with E-state index in [1.54, 1.807) is 32.7 Å². The summed E-state index contributed by atoms with van der Waals surface area (Å²) in [7, 11) is 3.10. The van der Waals surface area contributed by atoms with Gasteiger partial charge >= 0.3 is 12.1 Å². The van der Waals surface area contributed by atoms with Crippen LogP contribution in [0.5, 0.6) is 0 Å². The molecule has 3 aromatic carbocycles. The SMILES string of the molecule is CN(CC(=O)OC(C)(C)C)C(=O)[C@H](Cc1ccc(Br)cc1)N1CC/C=C\C[C@H](N(C)C(=O)OCC2c3ccccc3-c3ccccc32)C1=O. The van der Waals surface area contributed by atoms with Gasteiger partial charge in [-0.1, -0.05) is 88.7 Å². The molecule has 0 unspecified atom stereocenters. The number of likely N-dealkylation sites (N-methyl/N-ethyl adjacent to an activating group) is 2. The topological polar surface area (TPSA) is 96.5 Å². The van der Waals surface area contributed by atoms with Crippen LogP contribution >= 0.6 is 15.9 Å². The zero-order chi connectivity index (χ0) is 35.3. The lowest BCUT2D eigenvalue weighted by molar-refractivity contribution is -0.159. The van der Waals surface area contributed by atoms with Gasteiger partial charge in [-0.05, 0) is 73.6 Å². The monoisotopic (exact) mass is 729 g/mol. The molecule has 3 aromatic rings. The quantitative estimate of drug-likeness (QED) is 0.182. The average molecular weight is 731 g/mol. The molecule has 2 aliphatic rings. The second-order valence-electron chi connectivity index (χ2n) is 13.6. The van der Waals surface area contributed by atoms with Crippen LogP contribution in [0.2, 0.25) is 0 Å². The van der Waals surface area contributed by atoms with E-state index in [0.29, 0.717) is 6.42 Å². The Hall–Kier alpha value is -4.44. The van der Waals surface area contributed by atoms with Crippen LogP contribution in [-0.4, -0.2) is 90.1 Å². The van der Waals surface area contributed by atoms with Crippen molar-refractivity contribution in [3.8, 4) is 11.1 Å². The third-order valence-electron chi connectivity index (χ3n) is 8.89. The highest BCUT2D eigenvalue weighted by atomic mass is 79.9.